The molecule has 26 heavy (non-hydrogen) atoms. The van der Waals surface area contributed by atoms with E-state index in [1.165, 1.54) is 11.3 Å². The first-order valence-corrected chi connectivity index (χ1v) is 8.95. The number of hydrogen-bond acceptors (Lipinski definition) is 5. The number of aromatic amines is 1. The Bertz CT molecular complexity index is 1090. The molecule has 4 aromatic rings. The van der Waals surface area contributed by atoms with Gasteiger partial charge in [0.25, 0.3) is 0 Å². The van der Waals surface area contributed by atoms with Gasteiger partial charge in [-0.3, -0.25) is 0 Å². The molecule has 2 aromatic carbocycles. The number of imidazole rings is 1. The van der Waals surface area contributed by atoms with Gasteiger partial charge in [-0.2, -0.15) is 0 Å². The van der Waals surface area contributed by atoms with Crippen molar-refractivity contribution < 1.29 is 9.90 Å². The zero-order valence-corrected chi connectivity index (χ0v) is 14.9. The first kappa shape index (κ1) is 16.6. The lowest BCUT2D eigenvalue weighted by molar-refractivity contribution is 0.0697. The molecule has 0 amide bonds. The molecule has 130 valence electrons. The van der Waals surface area contributed by atoms with Gasteiger partial charge in [0.2, 0.25) is 0 Å². The number of nitrogens with one attached hydrogen (secondary N) is 2. The molecule has 4 rings (SSSR count). The highest BCUT2D eigenvalue weighted by molar-refractivity contribution is 7.15. The average molecular weight is 385 g/mol. The Kier molecular flexibility index (Phi) is 4.32. The van der Waals surface area contributed by atoms with Crippen molar-refractivity contribution in [2.24, 2.45) is 0 Å². The van der Waals surface area contributed by atoms with Crippen molar-refractivity contribution in [3.05, 3.63) is 63.6 Å². The third-order valence-electron chi connectivity index (χ3n) is 3.88. The monoisotopic (exact) mass is 384 g/mol. The van der Waals surface area contributed by atoms with E-state index in [0.29, 0.717) is 22.4 Å². The number of aromatic carboxylic acids is 1. The van der Waals surface area contributed by atoms with Crippen molar-refractivity contribution in [1.82, 2.24) is 15.0 Å². The third kappa shape index (κ3) is 3.40. The lowest BCUT2D eigenvalue weighted by atomic mass is 10.2. The number of halogens is 1. The fourth-order valence-electron chi connectivity index (χ4n) is 2.58. The zero-order valence-electron chi connectivity index (χ0n) is 13.4. The molecule has 0 aliphatic carbocycles. The van der Waals surface area contributed by atoms with E-state index in [0.717, 1.165) is 21.6 Å². The van der Waals surface area contributed by atoms with Crippen LogP contribution >= 0.6 is 22.9 Å². The minimum absolute atomic E-state index is 0.232. The van der Waals surface area contributed by atoms with E-state index in [1.54, 1.807) is 24.4 Å². The summed E-state index contributed by atoms with van der Waals surface area (Å²) in [6.07, 6.45) is 1.76. The minimum atomic E-state index is -0.958. The van der Waals surface area contributed by atoms with Crippen molar-refractivity contribution in [2.75, 3.05) is 5.32 Å². The van der Waals surface area contributed by atoms with Crippen LogP contribution in [0, 0.1) is 0 Å². The molecule has 2 aromatic heterocycles. The van der Waals surface area contributed by atoms with Crippen molar-refractivity contribution in [2.45, 2.75) is 6.54 Å². The molecule has 6 nitrogen and oxygen atoms in total. The molecule has 0 fully saturated rings. The molecular formula is C18H13ClN4O2S. The van der Waals surface area contributed by atoms with Crippen LogP contribution in [0.4, 0.5) is 5.69 Å². The largest absolute Gasteiger partial charge is 0.478 e. The predicted octanol–water partition coefficient (Wildman–Crippen LogP) is 4.65. The van der Waals surface area contributed by atoms with Gasteiger partial charge < -0.3 is 15.4 Å². The van der Waals surface area contributed by atoms with E-state index in [1.807, 2.05) is 24.3 Å². The van der Waals surface area contributed by atoms with Crippen LogP contribution in [0.1, 0.15) is 15.2 Å². The van der Waals surface area contributed by atoms with Gasteiger partial charge in [0.05, 0.1) is 23.1 Å². The molecule has 0 aliphatic rings. The first-order valence-electron chi connectivity index (χ1n) is 7.76. The number of H-pyrrole nitrogens is 1. The van der Waals surface area contributed by atoms with Crippen LogP contribution in [-0.4, -0.2) is 26.0 Å². The number of rotatable bonds is 5. The number of carbonyl (C=O) groups is 1. The smallest absolute Gasteiger partial charge is 0.335 e. The molecule has 3 N–H and O–H groups in total. The Morgan fingerprint density at radius 2 is 2.04 bits per heavy atom. The van der Waals surface area contributed by atoms with Gasteiger partial charge in [-0.25, -0.2) is 14.8 Å². The maximum atomic E-state index is 11.1. The second-order valence-electron chi connectivity index (χ2n) is 5.63. The zero-order chi connectivity index (χ0) is 18.1. The van der Waals surface area contributed by atoms with Crippen LogP contribution in [0.25, 0.3) is 22.4 Å². The first-order chi connectivity index (χ1) is 12.6. The Morgan fingerprint density at radius 1 is 1.23 bits per heavy atom. The highest BCUT2D eigenvalue weighted by Crippen LogP contribution is 2.24. The van der Waals surface area contributed by atoms with E-state index >= 15 is 0 Å². The summed E-state index contributed by atoms with van der Waals surface area (Å²) in [6.45, 7) is 0.659. The number of thiazole rings is 1. The van der Waals surface area contributed by atoms with Gasteiger partial charge >= 0.3 is 5.97 Å². The number of hydrogen-bond donors (Lipinski definition) is 3. The Labute approximate surface area is 157 Å². The van der Waals surface area contributed by atoms with Crippen molar-refractivity contribution in [3.8, 4) is 11.4 Å². The maximum absolute atomic E-state index is 11.1. The van der Waals surface area contributed by atoms with E-state index in [9.17, 15) is 4.79 Å². The molecule has 0 bridgehead atoms. The summed E-state index contributed by atoms with van der Waals surface area (Å²) in [7, 11) is 0. The lowest BCUT2D eigenvalue weighted by Crippen LogP contribution is -1.97. The fraction of sp³-hybridized carbons (Fsp3) is 0.0556. The van der Waals surface area contributed by atoms with E-state index in [-0.39, 0.29) is 5.56 Å². The summed E-state index contributed by atoms with van der Waals surface area (Å²) in [6, 6.07) is 12.7. The van der Waals surface area contributed by atoms with Gasteiger partial charge in [0.1, 0.15) is 5.82 Å². The second kappa shape index (κ2) is 6.78. The summed E-state index contributed by atoms with van der Waals surface area (Å²) in [4.78, 5) is 23.8. The van der Waals surface area contributed by atoms with Gasteiger partial charge in [-0.1, -0.05) is 11.6 Å². The highest BCUT2D eigenvalue weighted by Gasteiger charge is 2.09. The Hall–Kier alpha value is -2.90. The molecule has 2 heterocycles. The van der Waals surface area contributed by atoms with Crippen molar-refractivity contribution >= 4 is 45.6 Å². The maximum Gasteiger partial charge on any atom is 0.335 e. The van der Waals surface area contributed by atoms with Crippen LogP contribution in [-0.2, 0) is 6.54 Å². The van der Waals surface area contributed by atoms with E-state index in [2.05, 4.69) is 20.3 Å². The number of fused-ring (bicyclic) bond motifs is 1. The minimum Gasteiger partial charge on any atom is -0.478 e. The van der Waals surface area contributed by atoms with Crippen LogP contribution in [0.15, 0.2) is 48.7 Å². The van der Waals surface area contributed by atoms with Gasteiger partial charge in [-0.05, 0) is 42.5 Å². The standard InChI is InChI=1S/C18H13ClN4O2S/c19-18-21-9-13(26-18)8-20-12-4-1-10(2-5-12)16-22-14-6-3-11(17(24)25)7-15(14)23-16/h1-7,9,20H,8H2,(H,22,23)(H,24,25). The third-order valence-corrected chi connectivity index (χ3v) is 4.99. The molecule has 0 radical (unpaired) electrons. The van der Waals surface area contributed by atoms with Crippen LogP contribution in [0.2, 0.25) is 4.47 Å². The second-order valence-corrected chi connectivity index (χ2v) is 7.33. The molecule has 0 atom stereocenters. The normalized spacial score (nSPS) is 11.0. The summed E-state index contributed by atoms with van der Waals surface area (Å²) in [5.74, 6) is -0.260. The van der Waals surface area contributed by atoms with Gasteiger partial charge in [0.15, 0.2) is 4.47 Å². The molecule has 0 unspecified atom stereocenters. The predicted molar refractivity (Wildman–Crippen MR) is 103 cm³/mol. The summed E-state index contributed by atoms with van der Waals surface area (Å²) in [5, 5.41) is 12.4. The molecule has 0 aliphatic heterocycles. The lowest BCUT2D eigenvalue weighted by Gasteiger charge is -2.05. The molecule has 0 spiro atoms. The average Bonchev–Trinajstić information content (AvgIpc) is 3.25. The number of benzene rings is 2. The Balaban J connectivity index is 1.52. The SMILES string of the molecule is O=C(O)c1ccc2nc(-c3ccc(NCc4cnc(Cl)s4)cc3)[nH]c2c1. The fourth-order valence-corrected chi connectivity index (χ4v) is 3.50. The highest BCUT2D eigenvalue weighted by atomic mass is 35.5. The van der Waals surface area contributed by atoms with Gasteiger partial charge in [-0.15, -0.1) is 11.3 Å². The molecule has 0 saturated carbocycles. The van der Waals surface area contributed by atoms with Gasteiger partial charge in [0, 0.05) is 22.3 Å². The van der Waals surface area contributed by atoms with Crippen molar-refractivity contribution in [3.63, 3.8) is 0 Å². The van der Waals surface area contributed by atoms with E-state index in [4.69, 9.17) is 16.7 Å². The quantitative estimate of drug-likeness (QED) is 0.466. The van der Waals surface area contributed by atoms with Crippen LogP contribution in [0.5, 0.6) is 0 Å². The molecule has 0 saturated heterocycles. The summed E-state index contributed by atoms with van der Waals surface area (Å²) in [5.41, 5.74) is 3.56. The molecular weight excluding hydrogens is 372 g/mol. The van der Waals surface area contributed by atoms with E-state index < -0.39 is 5.97 Å². The topological polar surface area (TPSA) is 90.9 Å². The number of anilines is 1. The van der Waals surface area contributed by atoms with Crippen LogP contribution in [0.3, 0.4) is 0 Å². The Morgan fingerprint density at radius 3 is 2.73 bits per heavy atom. The van der Waals surface area contributed by atoms with Crippen molar-refractivity contribution in [1.29, 1.82) is 0 Å². The summed E-state index contributed by atoms with van der Waals surface area (Å²) >= 11 is 7.28. The molecule has 8 heteroatoms. The number of carboxylic acid groups (broad SMARTS) is 1. The number of carboxylic acids is 1. The number of aromatic nitrogens is 3. The van der Waals surface area contributed by atoms with Crippen LogP contribution < -0.4 is 5.32 Å². The number of nitrogens with zero attached hydrogens (tertiary/aromatic N) is 2. The summed E-state index contributed by atoms with van der Waals surface area (Å²) < 4.78 is 0.535.